The third-order valence-corrected chi connectivity index (χ3v) is 4.80. The number of likely N-dealkylation sites (N-methyl/N-ethyl adjacent to an activating group) is 1. The second-order valence-corrected chi connectivity index (χ2v) is 6.78. The van der Waals surface area contributed by atoms with Gasteiger partial charge in [-0.3, -0.25) is 4.90 Å². The highest BCUT2D eigenvalue weighted by Gasteiger charge is 2.26. The van der Waals surface area contributed by atoms with E-state index in [0.717, 1.165) is 13.1 Å². The number of likely N-dealkylation sites (tertiary alicyclic amines) is 1. The van der Waals surface area contributed by atoms with Crippen LogP contribution >= 0.6 is 0 Å². The van der Waals surface area contributed by atoms with Crippen molar-refractivity contribution in [1.82, 2.24) is 10.2 Å². The molecule has 2 unspecified atom stereocenters. The minimum atomic E-state index is 0.588. The molecule has 1 aliphatic heterocycles. The second kappa shape index (κ2) is 7.95. The Morgan fingerprint density at radius 2 is 1.86 bits per heavy atom. The lowest BCUT2D eigenvalue weighted by Crippen LogP contribution is -2.50. The van der Waals surface area contributed by atoms with Crippen LogP contribution in [-0.2, 0) is 6.54 Å². The van der Waals surface area contributed by atoms with Crippen molar-refractivity contribution >= 4 is 0 Å². The van der Waals surface area contributed by atoms with Gasteiger partial charge >= 0.3 is 0 Å². The Balaban J connectivity index is 2.01. The summed E-state index contributed by atoms with van der Waals surface area (Å²) in [6.45, 7) is 12.5. The molecule has 2 atom stereocenters. The van der Waals surface area contributed by atoms with Crippen LogP contribution in [0.4, 0.5) is 0 Å². The Hall–Kier alpha value is -0.860. The van der Waals surface area contributed by atoms with Gasteiger partial charge in [-0.05, 0) is 49.9 Å². The van der Waals surface area contributed by atoms with Crippen LogP contribution in [0.2, 0.25) is 0 Å². The van der Waals surface area contributed by atoms with Gasteiger partial charge in [-0.25, -0.2) is 0 Å². The molecule has 0 amide bonds. The van der Waals surface area contributed by atoms with Crippen molar-refractivity contribution in [2.45, 2.75) is 71.5 Å². The van der Waals surface area contributed by atoms with Crippen LogP contribution in [-0.4, -0.2) is 30.1 Å². The summed E-state index contributed by atoms with van der Waals surface area (Å²) >= 11 is 0. The summed E-state index contributed by atoms with van der Waals surface area (Å²) in [4.78, 5) is 2.68. The molecule has 1 aromatic rings. The zero-order valence-electron chi connectivity index (χ0n) is 14.2. The summed E-state index contributed by atoms with van der Waals surface area (Å²) in [7, 11) is 0. The first-order valence-electron chi connectivity index (χ1n) is 8.68. The first-order chi connectivity index (χ1) is 10.1. The summed E-state index contributed by atoms with van der Waals surface area (Å²) in [5, 5.41) is 3.61. The molecule has 0 spiro atoms. The van der Waals surface area contributed by atoms with Crippen molar-refractivity contribution < 1.29 is 0 Å². The fraction of sp³-hybridized carbons (Fsp3) is 0.684. The highest BCUT2D eigenvalue weighted by molar-refractivity contribution is 5.24. The number of nitrogens with one attached hydrogen (secondary N) is 1. The van der Waals surface area contributed by atoms with E-state index in [1.807, 2.05) is 0 Å². The molecule has 2 heteroatoms. The van der Waals surface area contributed by atoms with Gasteiger partial charge in [0.1, 0.15) is 0 Å². The van der Waals surface area contributed by atoms with E-state index >= 15 is 0 Å². The van der Waals surface area contributed by atoms with Crippen molar-refractivity contribution in [3.05, 3.63) is 35.4 Å². The van der Waals surface area contributed by atoms with Crippen LogP contribution < -0.4 is 5.32 Å². The van der Waals surface area contributed by atoms with Gasteiger partial charge in [0.2, 0.25) is 0 Å². The minimum Gasteiger partial charge on any atom is -0.313 e. The molecule has 21 heavy (non-hydrogen) atoms. The Morgan fingerprint density at radius 1 is 1.14 bits per heavy atom. The van der Waals surface area contributed by atoms with Crippen LogP contribution in [0.5, 0.6) is 0 Å². The SMILES string of the molecule is CCNC(C)C1CCCCN1Cc1ccc(C(C)C)cc1. The van der Waals surface area contributed by atoms with Crippen molar-refractivity contribution in [1.29, 1.82) is 0 Å². The molecule has 1 saturated heterocycles. The number of piperidine rings is 1. The molecule has 0 saturated carbocycles. The van der Waals surface area contributed by atoms with Gasteiger partial charge in [-0.1, -0.05) is 51.5 Å². The lowest BCUT2D eigenvalue weighted by atomic mass is 9.95. The standard InChI is InChI=1S/C19H32N2/c1-5-20-16(4)19-8-6-7-13-21(19)14-17-9-11-18(12-10-17)15(2)3/h9-12,15-16,19-20H,5-8,13-14H2,1-4H3. The molecule has 2 rings (SSSR count). The van der Waals surface area contributed by atoms with Gasteiger partial charge in [-0.15, -0.1) is 0 Å². The maximum atomic E-state index is 3.61. The Bertz CT molecular complexity index is 410. The highest BCUT2D eigenvalue weighted by atomic mass is 15.2. The van der Waals surface area contributed by atoms with E-state index in [4.69, 9.17) is 0 Å². The predicted molar refractivity (Wildman–Crippen MR) is 91.7 cm³/mol. The van der Waals surface area contributed by atoms with E-state index in [1.165, 1.54) is 36.9 Å². The third-order valence-electron chi connectivity index (χ3n) is 4.80. The van der Waals surface area contributed by atoms with Crippen LogP contribution in [0.3, 0.4) is 0 Å². The van der Waals surface area contributed by atoms with E-state index in [0.29, 0.717) is 18.0 Å². The molecule has 0 aliphatic carbocycles. The summed E-state index contributed by atoms with van der Waals surface area (Å²) in [6.07, 6.45) is 4.06. The number of nitrogens with zero attached hydrogens (tertiary/aromatic N) is 1. The molecule has 1 N–H and O–H groups in total. The first kappa shape index (κ1) is 16.5. The summed E-state index contributed by atoms with van der Waals surface area (Å²) in [5.74, 6) is 0.621. The average Bonchev–Trinajstić information content (AvgIpc) is 2.48. The van der Waals surface area contributed by atoms with E-state index in [-0.39, 0.29) is 0 Å². The quantitative estimate of drug-likeness (QED) is 0.845. The number of benzene rings is 1. The van der Waals surface area contributed by atoms with E-state index < -0.39 is 0 Å². The number of hydrogen-bond donors (Lipinski definition) is 1. The molecule has 0 radical (unpaired) electrons. The molecule has 1 heterocycles. The molecule has 0 aromatic heterocycles. The first-order valence-corrected chi connectivity index (χ1v) is 8.68. The van der Waals surface area contributed by atoms with Crippen LogP contribution in [0, 0.1) is 0 Å². The zero-order chi connectivity index (χ0) is 15.2. The van der Waals surface area contributed by atoms with Gasteiger partial charge in [0.15, 0.2) is 0 Å². The monoisotopic (exact) mass is 288 g/mol. The zero-order valence-corrected chi connectivity index (χ0v) is 14.2. The van der Waals surface area contributed by atoms with Gasteiger partial charge in [-0.2, -0.15) is 0 Å². The lowest BCUT2D eigenvalue weighted by molar-refractivity contribution is 0.112. The fourth-order valence-electron chi connectivity index (χ4n) is 3.48. The lowest BCUT2D eigenvalue weighted by Gasteiger charge is -2.39. The van der Waals surface area contributed by atoms with Crippen molar-refractivity contribution in [3.63, 3.8) is 0 Å². The summed E-state index contributed by atoms with van der Waals surface area (Å²) < 4.78 is 0. The van der Waals surface area contributed by atoms with Gasteiger partial charge in [0.05, 0.1) is 0 Å². The van der Waals surface area contributed by atoms with Crippen molar-refractivity contribution in [3.8, 4) is 0 Å². The molecular weight excluding hydrogens is 256 g/mol. The molecule has 118 valence electrons. The fourth-order valence-corrected chi connectivity index (χ4v) is 3.48. The van der Waals surface area contributed by atoms with Crippen molar-refractivity contribution in [2.75, 3.05) is 13.1 Å². The van der Waals surface area contributed by atoms with Crippen LogP contribution in [0.25, 0.3) is 0 Å². The Labute approximate surface area is 130 Å². The number of rotatable bonds is 6. The minimum absolute atomic E-state index is 0.588. The van der Waals surface area contributed by atoms with Crippen molar-refractivity contribution in [2.24, 2.45) is 0 Å². The molecule has 1 aliphatic rings. The average molecular weight is 288 g/mol. The molecule has 2 nitrogen and oxygen atoms in total. The normalized spacial score (nSPS) is 21.7. The summed E-state index contributed by atoms with van der Waals surface area (Å²) in [6, 6.07) is 10.5. The molecular formula is C19H32N2. The van der Waals surface area contributed by atoms with Crippen LogP contribution in [0.1, 0.15) is 64.0 Å². The third kappa shape index (κ3) is 4.55. The van der Waals surface area contributed by atoms with Gasteiger partial charge in [0.25, 0.3) is 0 Å². The highest BCUT2D eigenvalue weighted by Crippen LogP contribution is 2.23. The summed E-state index contributed by atoms with van der Waals surface area (Å²) in [5.41, 5.74) is 2.89. The Kier molecular flexibility index (Phi) is 6.25. The predicted octanol–water partition coefficient (Wildman–Crippen LogP) is 4.16. The maximum Gasteiger partial charge on any atom is 0.0250 e. The number of hydrogen-bond acceptors (Lipinski definition) is 2. The van der Waals surface area contributed by atoms with Gasteiger partial charge in [0, 0.05) is 18.6 Å². The largest absolute Gasteiger partial charge is 0.313 e. The van der Waals surface area contributed by atoms with E-state index in [1.54, 1.807) is 0 Å². The second-order valence-electron chi connectivity index (χ2n) is 6.78. The molecule has 0 bridgehead atoms. The maximum absolute atomic E-state index is 3.61. The molecule has 1 fully saturated rings. The molecule has 1 aromatic carbocycles. The Morgan fingerprint density at radius 3 is 2.48 bits per heavy atom. The van der Waals surface area contributed by atoms with Gasteiger partial charge < -0.3 is 5.32 Å². The van der Waals surface area contributed by atoms with E-state index in [2.05, 4.69) is 62.2 Å². The smallest absolute Gasteiger partial charge is 0.0250 e. The van der Waals surface area contributed by atoms with E-state index in [9.17, 15) is 0 Å². The topological polar surface area (TPSA) is 15.3 Å². The van der Waals surface area contributed by atoms with Crippen LogP contribution in [0.15, 0.2) is 24.3 Å².